The summed E-state index contributed by atoms with van der Waals surface area (Å²) in [5.41, 5.74) is 1.16. The number of rotatable bonds is 10. The Morgan fingerprint density at radius 3 is 2.61 bits per heavy atom. The molecule has 2 N–H and O–H groups in total. The van der Waals surface area contributed by atoms with E-state index in [9.17, 15) is 0 Å². The van der Waals surface area contributed by atoms with Crippen molar-refractivity contribution in [3.05, 3.63) is 29.8 Å². The predicted molar refractivity (Wildman–Crippen MR) is 116 cm³/mol. The van der Waals surface area contributed by atoms with E-state index in [1.54, 1.807) is 7.11 Å². The Bertz CT molecular complexity index is 589. The van der Waals surface area contributed by atoms with Crippen LogP contribution >= 0.6 is 0 Å². The molecule has 0 spiro atoms. The fraction of sp³-hybridized carbons (Fsp3) is 0.682. The Kier molecular flexibility index (Phi) is 9.58. The van der Waals surface area contributed by atoms with E-state index in [0.29, 0.717) is 31.2 Å². The minimum atomic E-state index is 0.450. The van der Waals surface area contributed by atoms with E-state index in [-0.39, 0.29) is 0 Å². The monoisotopic (exact) mass is 390 g/mol. The van der Waals surface area contributed by atoms with Gasteiger partial charge in [-0.3, -0.25) is 9.89 Å². The summed E-state index contributed by atoms with van der Waals surface area (Å²) < 4.78 is 10.9. The molecule has 6 nitrogen and oxygen atoms in total. The number of hydrogen-bond donors (Lipinski definition) is 2. The number of guanidine groups is 1. The van der Waals surface area contributed by atoms with Gasteiger partial charge in [-0.2, -0.15) is 0 Å². The highest BCUT2D eigenvalue weighted by Gasteiger charge is 2.31. The van der Waals surface area contributed by atoms with Crippen molar-refractivity contribution in [2.45, 2.75) is 52.8 Å². The first-order valence-corrected chi connectivity index (χ1v) is 10.5. The fourth-order valence-corrected chi connectivity index (χ4v) is 3.38. The largest absolute Gasteiger partial charge is 0.497 e. The highest BCUT2D eigenvalue weighted by Crippen LogP contribution is 2.18. The van der Waals surface area contributed by atoms with Crippen molar-refractivity contribution in [2.24, 2.45) is 10.9 Å². The number of nitrogens with one attached hydrogen (secondary N) is 2. The highest BCUT2D eigenvalue weighted by molar-refractivity contribution is 5.80. The van der Waals surface area contributed by atoms with Gasteiger partial charge in [0.05, 0.1) is 13.7 Å². The normalized spacial score (nSPS) is 20.6. The molecule has 1 aromatic rings. The van der Waals surface area contributed by atoms with Gasteiger partial charge in [0.1, 0.15) is 5.75 Å². The number of nitrogens with zero attached hydrogens (tertiary/aromatic N) is 2. The summed E-state index contributed by atoms with van der Waals surface area (Å²) in [5, 5.41) is 6.99. The third-order valence-corrected chi connectivity index (χ3v) is 5.18. The van der Waals surface area contributed by atoms with Crippen molar-refractivity contribution in [1.82, 2.24) is 15.5 Å². The molecule has 0 bridgehead atoms. The van der Waals surface area contributed by atoms with Crippen molar-refractivity contribution < 1.29 is 9.47 Å². The van der Waals surface area contributed by atoms with Crippen LogP contribution in [0.5, 0.6) is 5.75 Å². The molecule has 6 heteroatoms. The molecule has 0 amide bonds. The van der Waals surface area contributed by atoms with Crippen molar-refractivity contribution in [3.8, 4) is 5.75 Å². The number of aliphatic imine (C=N–C) groups is 1. The van der Waals surface area contributed by atoms with Crippen molar-refractivity contribution in [3.63, 3.8) is 0 Å². The van der Waals surface area contributed by atoms with Crippen molar-refractivity contribution in [1.29, 1.82) is 0 Å². The lowest BCUT2D eigenvalue weighted by molar-refractivity contribution is 0.120. The second-order valence-electron chi connectivity index (χ2n) is 7.79. The maximum atomic E-state index is 5.77. The second-order valence-corrected chi connectivity index (χ2v) is 7.79. The minimum absolute atomic E-state index is 0.450. The van der Waals surface area contributed by atoms with Crippen LogP contribution in [-0.4, -0.2) is 62.8 Å². The van der Waals surface area contributed by atoms with Crippen LogP contribution < -0.4 is 15.4 Å². The lowest BCUT2D eigenvalue weighted by Crippen LogP contribution is -2.46. The zero-order chi connectivity index (χ0) is 20.4. The molecule has 1 aliphatic heterocycles. The maximum absolute atomic E-state index is 5.77. The summed E-state index contributed by atoms with van der Waals surface area (Å²) in [4.78, 5) is 7.25. The van der Waals surface area contributed by atoms with Crippen molar-refractivity contribution >= 4 is 5.96 Å². The van der Waals surface area contributed by atoms with Gasteiger partial charge in [0.15, 0.2) is 5.96 Å². The fourth-order valence-electron chi connectivity index (χ4n) is 3.38. The average Bonchev–Trinajstić information content (AvgIpc) is 3.06. The van der Waals surface area contributed by atoms with E-state index in [0.717, 1.165) is 49.9 Å². The van der Waals surface area contributed by atoms with Crippen LogP contribution in [0.3, 0.4) is 0 Å². The number of hydrogen-bond acceptors (Lipinski definition) is 4. The zero-order valence-electron chi connectivity index (χ0n) is 18.2. The Labute approximate surface area is 170 Å². The quantitative estimate of drug-likeness (QED) is 0.365. The molecule has 2 unspecified atom stereocenters. The molecular formula is C22H38N4O2. The van der Waals surface area contributed by atoms with Gasteiger partial charge < -0.3 is 20.1 Å². The van der Waals surface area contributed by atoms with Gasteiger partial charge in [-0.05, 0) is 50.8 Å². The summed E-state index contributed by atoms with van der Waals surface area (Å²) in [6.07, 6.45) is 0.908. The van der Waals surface area contributed by atoms with E-state index in [1.807, 2.05) is 24.3 Å². The number of methoxy groups -OCH3 is 1. The highest BCUT2D eigenvalue weighted by atomic mass is 16.5. The van der Waals surface area contributed by atoms with E-state index < -0.39 is 0 Å². The molecular weight excluding hydrogens is 352 g/mol. The Morgan fingerprint density at radius 1 is 1.25 bits per heavy atom. The van der Waals surface area contributed by atoms with E-state index in [1.165, 1.54) is 0 Å². The second kappa shape index (κ2) is 11.9. The number of benzene rings is 1. The molecule has 0 saturated carbocycles. The summed E-state index contributed by atoms with van der Waals surface area (Å²) in [6, 6.07) is 9.04. The third-order valence-electron chi connectivity index (χ3n) is 5.18. The average molecular weight is 391 g/mol. The molecule has 1 aliphatic rings. The summed E-state index contributed by atoms with van der Waals surface area (Å²) in [7, 11) is 1.68. The van der Waals surface area contributed by atoms with Gasteiger partial charge in [0.25, 0.3) is 0 Å². The maximum Gasteiger partial charge on any atom is 0.191 e. The van der Waals surface area contributed by atoms with Crippen LogP contribution in [0, 0.1) is 5.92 Å². The van der Waals surface area contributed by atoms with Gasteiger partial charge in [0.2, 0.25) is 0 Å². The van der Waals surface area contributed by atoms with Crippen LogP contribution in [0.15, 0.2) is 29.3 Å². The Balaban J connectivity index is 1.70. The Hall–Kier alpha value is -1.79. The van der Waals surface area contributed by atoms with Gasteiger partial charge in [-0.1, -0.05) is 19.1 Å². The van der Waals surface area contributed by atoms with Crippen LogP contribution in [0.2, 0.25) is 0 Å². The number of likely N-dealkylation sites (tertiary alicyclic amines) is 1. The molecule has 2 atom stereocenters. The molecule has 1 aromatic carbocycles. The van der Waals surface area contributed by atoms with Crippen LogP contribution in [0.1, 0.15) is 39.7 Å². The smallest absolute Gasteiger partial charge is 0.191 e. The first-order valence-electron chi connectivity index (χ1n) is 10.5. The first-order chi connectivity index (χ1) is 13.5. The standard InChI is InChI=1S/C22H38N4O2/c1-6-23-22(25-21-15-26(17(2)3)14-18(21)4)24-12-7-13-28-16-19-8-10-20(27-5)11-9-19/h8-11,17-18,21H,6-7,12-16H2,1-5H3,(H2,23,24,25). The molecule has 1 fully saturated rings. The summed E-state index contributed by atoms with van der Waals surface area (Å²) >= 11 is 0. The van der Waals surface area contributed by atoms with Gasteiger partial charge >= 0.3 is 0 Å². The Morgan fingerprint density at radius 2 is 2.00 bits per heavy atom. The van der Waals surface area contributed by atoms with E-state index >= 15 is 0 Å². The third kappa shape index (κ3) is 7.32. The minimum Gasteiger partial charge on any atom is -0.497 e. The van der Waals surface area contributed by atoms with Crippen LogP contribution in [0.25, 0.3) is 0 Å². The molecule has 1 saturated heterocycles. The summed E-state index contributed by atoms with van der Waals surface area (Å²) in [6.45, 7) is 14.1. The molecule has 2 rings (SSSR count). The topological polar surface area (TPSA) is 58.1 Å². The lowest BCUT2D eigenvalue weighted by Gasteiger charge is -2.21. The summed E-state index contributed by atoms with van der Waals surface area (Å²) in [5.74, 6) is 2.41. The van der Waals surface area contributed by atoms with Crippen LogP contribution in [-0.2, 0) is 11.3 Å². The lowest BCUT2D eigenvalue weighted by atomic mass is 10.1. The first kappa shape index (κ1) is 22.5. The van der Waals surface area contributed by atoms with Crippen LogP contribution in [0.4, 0.5) is 0 Å². The SMILES string of the molecule is CCNC(=NCCCOCc1ccc(OC)cc1)NC1CN(C(C)C)CC1C. The molecule has 0 radical (unpaired) electrons. The van der Waals surface area contributed by atoms with Crippen molar-refractivity contribution in [2.75, 3.05) is 39.9 Å². The number of ether oxygens (including phenoxy) is 2. The van der Waals surface area contributed by atoms with E-state index in [4.69, 9.17) is 14.5 Å². The molecule has 28 heavy (non-hydrogen) atoms. The van der Waals surface area contributed by atoms with E-state index in [2.05, 4.69) is 43.2 Å². The molecule has 0 aliphatic carbocycles. The zero-order valence-corrected chi connectivity index (χ0v) is 18.2. The molecule has 158 valence electrons. The predicted octanol–water partition coefficient (Wildman–Crippen LogP) is 2.89. The molecule has 1 heterocycles. The van der Waals surface area contributed by atoms with Gasteiger partial charge in [-0.25, -0.2) is 0 Å². The van der Waals surface area contributed by atoms with Gasteiger partial charge in [-0.15, -0.1) is 0 Å². The van der Waals surface area contributed by atoms with Gasteiger partial charge in [0, 0.05) is 44.9 Å². The molecule has 0 aromatic heterocycles.